The first-order valence-electron chi connectivity index (χ1n) is 8.89. The van der Waals surface area contributed by atoms with Crippen LogP contribution < -0.4 is 4.74 Å². The smallest absolute Gasteiger partial charge is 0.263 e. The monoisotopic (exact) mass is 321 g/mol. The van der Waals surface area contributed by atoms with Gasteiger partial charge in [-0.05, 0) is 48.8 Å². The van der Waals surface area contributed by atoms with Crippen LogP contribution in [0.3, 0.4) is 0 Å². The van der Waals surface area contributed by atoms with Crippen molar-refractivity contribution in [3.63, 3.8) is 0 Å². The van der Waals surface area contributed by atoms with Crippen molar-refractivity contribution in [1.29, 1.82) is 0 Å². The fourth-order valence-electron chi connectivity index (χ4n) is 3.86. The van der Waals surface area contributed by atoms with E-state index in [0.717, 1.165) is 44.5 Å². The van der Waals surface area contributed by atoms with Crippen LogP contribution in [0, 0.1) is 0 Å². The highest BCUT2D eigenvalue weighted by atomic mass is 16.5. The van der Waals surface area contributed by atoms with Crippen molar-refractivity contribution in [3.05, 3.63) is 65.7 Å². The summed E-state index contributed by atoms with van der Waals surface area (Å²) >= 11 is 0. The lowest BCUT2D eigenvalue weighted by Crippen LogP contribution is -2.46. The number of likely N-dealkylation sites (tertiary alicyclic amines) is 1. The summed E-state index contributed by atoms with van der Waals surface area (Å²) in [5.74, 6) is 1.61. The Bertz CT molecular complexity index is 705. The molecule has 24 heavy (non-hydrogen) atoms. The minimum atomic E-state index is -0.312. The Morgan fingerprint density at radius 3 is 2.42 bits per heavy atom. The Balaban J connectivity index is 1.37. The lowest BCUT2D eigenvalue weighted by molar-refractivity contribution is -0.140. The number of hydrogen-bond donors (Lipinski definition) is 0. The molecule has 4 rings (SSSR count). The highest BCUT2D eigenvalue weighted by molar-refractivity contribution is 5.81. The van der Waals surface area contributed by atoms with E-state index in [4.69, 9.17) is 4.74 Å². The van der Waals surface area contributed by atoms with Crippen molar-refractivity contribution in [2.24, 2.45) is 0 Å². The molecule has 3 heteroatoms. The Kier molecular flexibility index (Phi) is 4.24. The van der Waals surface area contributed by atoms with Crippen molar-refractivity contribution in [3.8, 4) is 5.75 Å². The Labute approximate surface area is 143 Å². The van der Waals surface area contributed by atoms with Crippen LogP contribution in [0.5, 0.6) is 5.75 Å². The van der Waals surface area contributed by atoms with Gasteiger partial charge in [-0.15, -0.1) is 0 Å². The Hall–Kier alpha value is -2.29. The Morgan fingerprint density at radius 1 is 0.917 bits per heavy atom. The van der Waals surface area contributed by atoms with Gasteiger partial charge in [0.1, 0.15) is 5.75 Å². The molecule has 2 aliphatic rings. The molecule has 0 saturated carbocycles. The number of benzene rings is 2. The van der Waals surface area contributed by atoms with Gasteiger partial charge in [-0.25, -0.2) is 0 Å². The molecule has 2 heterocycles. The lowest BCUT2D eigenvalue weighted by atomic mass is 9.89. The molecule has 1 atom stereocenters. The minimum Gasteiger partial charge on any atom is -0.480 e. The van der Waals surface area contributed by atoms with Gasteiger partial charge in [-0.2, -0.15) is 0 Å². The van der Waals surface area contributed by atoms with Crippen molar-refractivity contribution in [2.75, 3.05) is 13.1 Å². The molecule has 2 aromatic rings. The zero-order chi connectivity index (χ0) is 16.4. The number of fused-ring (bicyclic) bond motifs is 1. The van der Waals surface area contributed by atoms with Crippen molar-refractivity contribution in [1.82, 2.24) is 4.90 Å². The maximum absolute atomic E-state index is 12.8. The van der Waals surface area contributed by atoms with Crippen LogP contribution in [-0.2, 0) is 11.2 Å². The molecule has 0 radical (unpaired) electrons. The summed E-state index contributed by atoms with van der Waals surface area (Å²) < 4.78 is 5.97. The molecule has 3 nitrogen and oxygen atoms in total. The summed E-state index contributed by atoms with van der Waals surface area (Å²) in [5, 5.41) is 0. The second-order valence-electron chi connectivity index (χ2n) is 6.76. The van der Waals surface area contributed by atoms with Crippen LogP contribution in [0.1, 0.15) is 36.3 Å². The number of hydrogen-bond acceptors (Lipinski definition) is 2. The van der Waals surface area contributed by atoms with E-state index in [2.05, 4.69) is 36.4 Å². The number of aryl methyl sites for hydroxylation is 1. The largest absolute Gasteiger partial charge is 0.480 e. The maximum Gasteiger partial charge on any atom is 0.263 e. The van der Waals surface area contributed by atoms with Gasteiger partial charge in [0.05, 0.1) is 0 Å². The van der Waals surface area contributed by atoms with Crippen LogP contribution >= 0.6 is 0 Å². The van der Waals surface area contributed by atoms with E-state index < -0.39 is 0 Å². The zero-order valence-electron chi connectivity index (χ0n) is 13.9. The van der Waals surface area contributed by atoms with E-state index >= 15 is 0 Å². The highest BCUT2D eigenvalue weighted by Gasteiger charge is 2.32. The summed E-state index contributed by atoms with van der Waals surface area (Å²) in [6.45, 7) is 1.67. The standard InChI is InChI=1S/C21H23NO2/c23-21(20-11-10-18-8-4-5-9-19(18)24-20)22-14-12-17(13-15-22)16-6-2-1-3-7-16/h1-9,17,20H,10-15H2. The van der Waals surface area contributed by atoms with E-state index in [1.807, 2.05) is 23.1 Å². The SMILES string of the molecule is O=C(C1CCc2ccccc2O1)N1CCC(c2ccccc2)CC1. The molecule has 1 fully saturated rings. The van der Waals surface area contributed by atoms with Crippen LogP contribution in [0.15, 0.2) is 54.6 Å². The van der Waals surface area contributed by atoms with Gasteiger partial charge in [0, 0.05) is 13.1 Å². The molecule has 0 aromatic heterocycles. The van der Waals surface area contributed by atoms with E-state index in [1.165, 1.54) is 11.1 Å². The molecule has 0 spiro atoms. The van der Waals surface area contributed by atoms with Crippen molar-refractivity contribution in [2.45, 2.75) is 37.7 Å². The number of carbonyl (C=O) groups is 1. The first-order valence-corrected chi connectivity index (χ1v) is 8.89. The van der Waals surface area contributed by atoms with Gasteiger partial charge in [0.25, 0.3) is 5.91 Å². The van der Waals surface area contributed by atoms with Crippen LogP contribution in [0.4, 0.5) is 0 Å². The van der Waals surface area contributed by atoms with Gasteiger partial charge in [0.15, 0.2) is 6.10 Å². The second-order valence-corrected chi connectivity index (χ2v) is 6.76. The van der Waals surface area contributed by atoms with Crippen LogP contribution in [-0.4, -0.2) is 30.0 Å². The third-order valence-electron chi connectivity index (χ3n) is 5.27. The van der Waals surface area contributed by atoms with Crippen molar-refractivity contribution < 1.29 is 9.53 Å². The van der Waals surface area contributed by atoms with Gasteiger partial charge in [-0.3, -0.25) is 4.79 Å². The zero-order valence-corrected chi connectivity index (χ0v) is 13.9. The molecule has 0 bridgehead atoms. The number of carbonyl (C=O) groups excluding carboxylic acids is 1. The predicted octanol–water partition coefficient (Wildman–Crippen LogP) is 3.79. The molecule has 2 aromatic carbocycles. The van der Waals surface area contributed by atoms with E-state index in [9.17, 15) is 4.79 Å². The van der Waals surface area contributed by atoms with Crippen LogP contribution in [0.25, 0.3) is 0 Å². The van der Waals surface area contributed by atoms with E-state index in [0.29, 0.717) is 5.92 Å². The first kappa shape index (κ1) is 15.3. The summed E-state index contributed by atoms with van der Waals surface area (Å²) in [4.78, 5) is 14.8. The molecular weight excluding hydrogens is 298 g/mol. The summed E-state index contributed by atoms with van der Waals surface area (Å²) in [5.41, 5.74) is 2.61. The topological polar surface area (TPSA) is 29.5 Å². The average molecular weight is 321 g/mol. The predicted molar refractivity (Wildman–Crippen MR) is 94.2 cm³/mol. The lowest BCUT2D eigenvalue weighted by Gasteiger charge is -2.35. The number of para-hydroxylation sites is 1. The summed E-state index contributed by atoms with van der Waals surface area (Å²) in [6.07, 6.45) is 3.48. The van der Waals surface area contributed by atoms with Crippen molar-refractivity contribution >= 4 is 5.91 Å². The molecule has 2 aliphatic heterocycles. The normalized spacial score (nSPS) is 21.0. The Morgan fingerprint density at radius 2 is 1.62 bits per heavy atom. The van der Waals surface area contributed by atoms with Gasteiger partial charge in [-0.1, -0.05) is 48.5 Å². The second kappa shape index (κ2) is 6.68. The molecule has 1 amide bonds. The quantitative estimate of drug-likeness (QED) is 0.842. The summed E-state index contributed by atoms with van der Waals surface area (Å²) in [7, 11) is 0. The van der Waals surface area contributed by atoms with Gasteiger partial charge < -0.3 is 9.64 Å². The first-order chi connectivity index (χ1) is 11.8. The fourth-order valence-corrected chi connectivity index (χ4v) is 3.86. The number of amides is 1. The maximum atomic E-state index is 12.8. The van der Waals surface area contributed by atoms with Gasteiger partial charge in [0.2, 0.25) is 0 Å². The number of nitrogens with zero attached hydrogens (tertiary/aromatic N) is 1. The molecule has 1 saturated heterocycles. The number of piperidine rings is 1. The van der Waals surface area contributed by atoms with E-state index in [-0.39, 0.29) is 12.0 Å². The van der Waals surface area contributed by atoms with Gasteiger partial charge >= 0.3 is 0 Å². The molecular formula is C21H23NO2. The molecule has 0 aliphatic carbocycles. The fraction of sp³-hybridized carbons (Fsp3) is 0.381. The summed E-state index contributed by atoms with van der Waals surface area (Å²) in [6, 6.07) is 18.7. The number of rotatable bonds is 2. The minimum absolute atomic E-state index is 0.163. The third-order valence-corrected chi connectivity index (χ3v) is 5.27. The van der Waals surface area contributed by atoms with Crippen LogP contribution in [0.2, 0.25) is 0 Å². The van der Waals surface area contributed by atoms with E-state index in [1.54, 1.807) is 0 Å². The molecule has 1 unspecified atom stereocenters. The molecule has 124 valence electrons. The third kappa shape index (κ3) is 3.03. The average Bonchev–Trinajstić information content (AvgIpc) is 2.68. The number of ether oxygens (including phenoxy) is 1. The highest BCUT2D eigenvalue weighted by Crippen LogP contribution is 2.31. The molecule has 0 N–H and O–H groups in total.